The Kier molecular flexibility index (Phi) is 3.60. The van der Waals surface area contributed by atoms with Gasteiger partial charge in [-0.15, -0.1) is 0 Å². The van der Waals surface area contributed by atoms with Gasteiger partial charge in [0.1, 0.15) is 12.3 Å². The van der Waals surface area contributed by atoms with Crippen LogP contribution in [0.25, 0.3) is 0 Å². The van der Waals surface area contributed by atoms with E-state index < -0.39 is 6.61 Å². The van der Waals surface area contributed by atoms with Crippen molar-refractivity contribution >= 4 is 0 Å². The molecular formula is C18H24F2NO+. The molecule has 4 aliphatic rings. The van der Waals surface area contributed by atoms with Crippen LogP contribution in [0, 0.1) is 17.8 Å². The minimum Gasteiger partial charge on any atom is -0.435 e. The third-order valence-corrected chi connectivity index (χ3v) is 6.00. The number of rotatable bonds is 5. The number of quaternary nitrogens is 1. The van der Waals surface area contributed by atoms with Crippen molar-refractivity contribution in [3.05, 3.63) is 29.8 Å². The third kappa shape index (κ3) is 2.85. The van der Waals surface area contributed by atoms with Crippen LogP contribution in [0.1, 0.15) is 44.1 Å². The average Bonchev–Trinajstić information content (AvgIpc) is 2.44. The lowest BCUT2D eigenvalue weighted by Crippen LogP contribution is -2.97. The molecule has 0 amide bonds. The molecule has 0 aliphatic heterocycles. The van der Waals surface area contributed by atoms with Crippen LogP contribution in [0.4, 0.5) is 8.78 Å². The van der Waals surface area contributed by atoms with Crippen LogP contribution in [0.3, 0.4) is 0 Å². The quantitative estimate of drug-likeness (QED) is 0.887. The lowest BCUT2D eigenvalue weighted by Gasteiger charge is -2.54. The monoisotopic (exact) mass is 308 g/mol. The molecule has 4 aliphatic carbocycles. The van der Waals surface area contributed by atoms with Gasteiger partial charge in [-0.1, -0.05) is 0 Å². The summed E-state index contributed by atoms with van der Waals surface area (Å²) in [5, 5.41) is 2.54. The molecule has 0 aromatic heterocycles. The van der Waals surface area contributed by atoms with Gasteiger partial charge in [-0.05, 0) is 61.3 Å². The van der Waals surface area contributed by atoms with E-state index in [1.807, 2.05) is 12.1 Å². The second-order valence-electron chi connectivity index (χ2n) is 7.71. The Labute approximate surface area is 130 Å². The van der Waals surface area contributed by atoms with Gasteiger partial charge in [-0.2, -0.15) is 8.78 Å². The van der Waals surface area contributed by atoms with Crippen LogP contribution in [-0.2, 0) is 6.54 Å². The van der Waals surface area contributed by atoms with E-state index in [1.165, 1.54) is 44.1 Å². The van der Waals surface area contributed by atoms with Crippen LogP contribution in [-0.4, -0.2) is 12.2 Å². The van der Waals surface area contributed by atoms with Crippen LogP contribution >= 0.6 is 0 Å². The van der Waals surface area contributed by atoms with Gasteiger partial charge in [0, 0.05) is 24.8 Å². The number of benzene rings is 1. The maximum absolute atomic E-state index is 12.2. The van der Waals surface area contributed by atoms with E-state index in [1.54, 1.807) is 12.1 Å². The number of nitrogens with two attached hydrogens (primary N) is 1. The zero-order chi connectivity index (χ0) is 15.2. The number of hydrogen-bond acceptors (Lipinski definition) is 1. The van der Waals surface area contributed by atoms with Crippen molar-refractivity contribution in [1.29, 1.82) is 0 Å². The van der Waals surface area contributed by atoms with E-state index in [0.29, 0.717) is 5.54 Å². The number of hydrogen-bond donors (Lipinski definition) is 1. The molecule has 2 nitrogen and oxygen atoms in total. The molecule has 0 atom stereocenters. The minimum absolute atomic E-state index is 0.244. The summed E-state index contributed by atoms with van der Waals surface area (Å²) in [7, 11) is 0. The Morgan fingerprint density at radius 2 is 1.55 bits per heavy atom. The van der Waals surface area contributed by atoms with Gasteiger partial charge in [0.05, 0.1) is 5.54 Å². The van der Waals surface area contributed by atoms with Crippen LogP contribution in [0.5, 0.6) is 5.75 Å². The Morgan fingerprint density at radius 1 is 1.00 bits per heavy atom. The van der Waals surface area contributed by atoms with E-state index in [4.69, 9.17) is 0 Å². The summed E-state index contributed by atoms with van der Waals surface area (Å²) in [6.45, 7) is -1.80. The van der Waals surface area contributed by atoms with Crippen LogP contribution in [0.15, 0.2) is 24.3 Å². The van der Waals surface area contributed by atoms with Crippen molar-refractivity contribution in [2.24, 2.45) is 17.8 Å². The first-order chi connectivity index (χ1) is 10.6. The average molecular weight is 308 g/mol. The minimum atomic E-state index is -2.75. The molecule has 0 unspecified atom stereocenters. The van der Waals surface area contributed by atoms with Gasteiger partial charge in [0.2, 0.25) is 0 Å². The van der Waals surface area contributed by atoms with Gasteiger partial charge in [0.15, 0.2) is 0 Å². The van der Waals surface area contributed by atoms with E-state index in [-0.39, 0.29) is 5.75 Å². The van der Waals surface area contributed by atoms with E-state index in [9.17, 15) is 8.78 Å². The molecule has 5 rings (SSSR count). The Balaban J connectivity index is 1.38. The van der Waals surface area contributed by atoms with Gasteiger partial charge in [0.25, 0.3) is 0 Å². The van der Waals surface area contributed by atoms with Gasteiger partial charge >= 0.3 is 6.61 Å². The van der Waals surface area contributed by atoms with Crippen molar-refractivity contribution in [2.45, 2.75) is 57.2 Å². The first-order valence-corrected chi connectivity index (χ1v) is 8.48. The lowest BCUT2D eigenvalue weighted by molar-refractivity contribution is -0.752. The molecule has 4 fully saturated rings. The lowest BCUT2D eigenvalue weighted by atomic mass is 9.53. The molecule has 22 heavy (non-hydrogen) atoms. The summed E-state index contributed by atoms with van der Waals surface area (Å²) in [5.74, 6) is 3.13. The van der Waals surface area contributed by atoms with Crippen molar-refractivity contribution < 1.29 is 18.8 Å². The molecule has 4 saturated carbocycles. The van der Waals surface area contributed by atoms with Crippen molar-refractivity contribution in [3.8, 4) is 5.75 Å². The highest BCUT2D eigenvalue weighted by Gasteiger charge is 2.53. The molecule has 0 heterocycles. The third-order valence-electron chi connectivity index (χ3n) is 6.00. The Bertz CT molecular complexity index is 493. The largest absolute Gasteiger partial charge is 0.435 e. The standard InChI is InChI=1S/C18H23F2NO/c19-17(20)22-16-3-1-12(2-4-16)11-21-18-8-13-5-14(9-18)7-15(6-13)10-18/h1-4,13-15,17,21H,5-11H2/p+1. The fourth-order valence-corrected chi connectivity index (χ4v) is 5.57. The summed E-state index contributed by atoms with van der Waals surface area (Å²) in [6, 6.07) is 7.12. The highest BCUT2D eigenvalue weighted by molar-refractivity contribution is 5.26. The van der Waals surface area contributed by atoms with Crippen molar-refractivity contribution in [1.82, 2.24) is 0 Å². The first kappa shape index (κ1) is 14.4. The fourth-order valence-electron chi connectivity index (χ4n) is 5.57. The summed E-state index contributed by atoms with van der Waals surface area (Å²) in [5.41, 5.74) is 1.66. The van der Waals surface area contributed by atoms with Gasteiger partial charge in [-0.25, -0.2) is 0 Å². The number of halogens is 2. The normalized spacial score (nSPS) is 36.0. The van der Waals surface area contributed by atoms with Crippen LogP contribution < -0.4 is 10.1 Å². The van der Waals surface area contributed by atoms with E-state index >= 15 is 0 Å². The SMILES string of the molecule is FC(F)Oc1ccc(C[NH2+]C23CC4CC(CC(C4)C2)C3)cc1. The van der Waals surface area contributed by atoms with Crippen LogP contribution in [0.2, 0.25) is 0 Å². The number of ether oxygens (including phenoxy) is 1. The topological polar surface area (TPSA) is 25.8 Å². The molecule has 1 aromatic carbocycles. The van der Waals surface area contributed by atoms with Gasteiger partial charge in [-0.3, -0.25) is 0 Å². The predicted molar refractivity (Wildman–Crippen MR) is 79.6 cm³/mol. The smallest absolute Gasteiger partial charge is 0.387 e. The molecule has 0 spiro atoms. The molecule has 120 valence electrons. The second-order valence-corrected chi connectivity index (χ2v) is 7.71. The highest BCUT2D eigenvalue weighted by Crippen LogP contribution is 2.54. The second kappa shape index (κ2) is 5.48. The Hall–Kier alpha value is -1.16. The molecule has 2 N–H and O–H groups in total. The van der Waals surface area contributed by atoms with E-state index in [0.717, 1.165) is 24.3 Å². The molecule has 1 aromatic rings. The Morgan fingerprint density at radius 3 is 2.05 bits per heavy atom. The summed E-state index contributed by atoms with van der Waals surface area (Å²) >= 11 is 0. The summed E-state index contributed by atoms with van der Waals surface area (Å²) in [6.07, 6.45) is 8.54. The molecule has 4 bridgehead atoms. The zero-order valence-corrected chi connectivity index (χ0v) is 12.8. The van der Waals surface area contributed by atoms with Crippen molar-refractivity contribution in [3.63, 3.8) is 0 Å². The molecule has 0 radical (unpaired) electrons. The molecule has 0 saturated heterocycles. The van der Waals surface area contributed by atoms with Crippen molar-refractivity contribution in [2.75, 3.05) is 0 Å². The maximum atomic E-state index is 12.2. The fraction of sp³-hybridized carbons (Fsp3) is 0.667. The summed E-state index contributed by atoms with van der Waals surface area (Å²) in [4.78, 5) is 0. The van der Waals surface area contributed by atoms with Gasteiger partial charge < -0.3 is 10.1 Å². The molecule has 4 heteroatoms. The highest BCUT2D eigenvalue weighted by atomic mass is 19.3. The summed E-state index contributed by atoms with van der Waals surface area (Å²) < 4.78 is 28.7. The number of alkyl halides is 2. The maximum Gasteiger partial charge on any atom is 0.387 e. The first-order valence-electron chi connectivity index (χ1n) is 8.48. The predicted octanol–water partition coefficient (Wildman–Crippen LogP) is 3.32. The molecular weight excluding hydrogens is 284 g/mol. The zero-order valence-electron chi connectivity index (χ0n) is 12.8. The van der Waals surface area contributed by atoms with E-state index in [2.05, 4.69) is 10.1 Å².